The van der Waals surface area contributed by atoms with Crippen molar-refractivity contribution >= 4 is 0 Å². The number of hydrogen-bond acceptors (Lipinski definition) is 3. The average molecular weight is 268 g/mol. The van der Waals surface area contributed by atoms with Crippen LogP contribution in [0.5, 0.6) is 0 Å². The van der Waals surface area contributed by atoms with Gasteiger partial charge in [0.25, 0.3) is 0 Å². The van der Waals surface area contributed by atoms with E-state index in [4.69, 9.17) is 9.68 Å². The third kappa shape index (κ3) is 0.329. The highest BCUT2D eigenvalue weighted by molar-refractivity contribution is 5.53. The highest BCUT2D eigenvalue weighted by Gasteiger charge is 3.10. The molecule has 4 nitrogen and oxygen atoms in total. The molecule has 0 bridgehead atoms. The lowest BCUT2D eigenvalue weighted by molar-refractivity contribution is -1.04. The molecule has 0 aliphatic heterocycles. The van der Waals surface area contributed by atoms with Gasteiger partial charge in [-0.2, -0.15) is 9.68 Å². The second-order valence-electron chi connectivity index (χ2n) is 9.89. The van der Waals surface area contributed by atoms with E-state index in [1.807, 2.05) is 0 Å². The normalized spacial score (nSPS) is 96.6. The van der Waals surface area contributed by atoms with Crippen LogP contribution in [0.3, 0.4) is 0 Å². The first-order chi connectivity index (χ1) is 9.83. The minimum Gasteiger partial charge on any atom is -0.179 e. The molecule has 0 amide bonds. The second-order valence-corrected chi connectivity index (χ2v) is 9.89. The maximum atomic E-state index is 12.3. The van der Waals surface area contributed by atoms with Crippen LogP contribution in [0.25, 0.3) is 0 Å². The summed E-state index contributed by atoms with van der Waals surface area (Å²) in [6.07, 6.45) is 0. The molecule has 0 aromatic carbocycles. The highest BCUT2D eigenvalue weighted by atomic mass is 17.0. The zero-order valence-corrected chi connectivity index (χ0v) is 10.8. The summed E-state index contributed by atoms with van der Waals surface area (Å²) in [7, 11) is 0. The van der Waals surface area contributed by atoms with Crippen LogP contribution in [0.1, 0.15) is 0 Å². The number of rotatable bonds is 4. The van der Waals surface area contributed by atoms with E-state index in [0.29, 0.717) is 5.09 Å². The molecule has 12 rings (SSSR count). The third-order valence-electron chi connectivity index (χ3n) is 11.2. The largest absolute Gasteiger partial charge is 0.478 e. The molecule has 0 saturated heterocycles. The molecule has 12 aliphatic rings. The monoisotopic (exact) mass is 268 g/mol. The Morgan fingerprint density at radius 1 is 0.550 bits per heavy atom. The van der Waals surface area contributed by atoms with Crippen LogP contribution in [0, 0.1) is 87.8 Å². The fourth-order valence-corrected chi connectivity index (χ4v) is 11.3. The zero-order valence-electron chi connectivity index (χ0n) is 10.8. The third-order valence-corrected chi connectivity index (χ3v) is 11.2. The fourth-order valence-electron chi connectivity index (χ4n) is 11.3. The van der Waals surface area contributed by atoms with Crippen molar-refractivity contribution in [3.8, 4) is 0 Å². The predicted octanol–water partition coefficient (Wildman–Crippen LogP) is 0.869. The lowest BCUT2D eigenvalue weighted by Crippen LogP contribution is -3.10. The molecular formula is C16H14NO3+. The SMILES string of the molecule is O=[N+](OC12C3C4C5C3C1C5C42)OC12C3C4C5C3C1C5C42. The van der Waals surface area contributed by atoms with Gasteiger partial charge in [0.1, 0.15) is 4.91 Å². The predicted molar refractivity (Wildman–Crippen MR) is 60.1 cm³/mol. The van der Waals surface area contributed by atoms with E-state index < -0.39 is 0 Å². The Labute approximate surface area is 114 Å². The van der Waals surface area contributed by atoms with Gasteiger partial charge in [0.15, 0.2) is 0 Å². The van der Waals surface area contributed by atoms with Crippen LogP contribution in [-0.4, -0.2) is 16.3 Å². The summed E-state index contributed by atoms with van der Waals surface area (Å²) in [5.74, 6) is 12.5. The van der Waals surface area contributed by atoms with Crippen molar-refractivity contribution in [1.29, 1.82) is 0 Å². The summed E-state index contributed by atoms with van der Waals surface area (Å²) >= 11 is 0. The Morgan fingerprint density at radius 2 is 0.850 bits per heavy atom. The molecule has 0 atom stereocenters. The maximum Gasteiger partial charge on any atom is 0.478 e. The van der Waals surface area contributed by atoms with Gasteiger partial charge in [-0.25, -0.2) is 0 Å². The number of hydrogen-bond donors (Lipinski definition) is 0. The van der Waals surface area contributed by atoms with Crippen LogP contribution < -0.4 is 0 Å². The Bertz CT molecular complexity index is 582. The standard InChI is InChI=1S/C16H14NO3/c18-17(19-15-9-3-1-4(9)11(15)5(1)10(3)15)20-16-12-6-2-7(12)14(16)8(2)13(6)16/h1-14H/q+1. The van der Waals surface area contributed by atoms with Crippen LogP contribution in [0.2, 0.25) is 0 Å². The summed E-state index contributed by atoms with van der Waals surface area (Å²) < 4.78 is 0. The summed E-state index contributed by atoms with van der Waals surface area (Å²) in [5.41, 5.74) is -0.00934. The first kappa shape index (κ1) is 8.00. The van der Waals surface area contributed by atoms with Crippen LogP contribution >= 0.6 is 0 Å². The summed E-state index contributed by atoms with van der Waals surface area (Å²) in [5, 5.41) is 0.614. The van der Waals surface area contributed by atoms with Crippen molar-refractivity contribution in [2.45, 2.75) is 11.2 Å². The van der Waals surface area contributed by atoms with E-state index >= 15 is 0 Å². The van der Waals surface area contributed by atoms with E-state index in [0.717, 1.165) is 82.9 Å². The summed E-state index contributed by atoms with van der Waals surface area (Å²) in [4.78, 5) is 24.1. The first-order valence-electron chi connectivity index (χ1n) is 8.69. The van der Waals surface area contributed by atoms with Crippen molar-refractivity contribution in [3.63, 3.8) is 0 Å². The topological polar surface area (TPSA) is 38.5 Å². The Kier molecular flexibility index (Phi) is 0.636. The van der Waals surface area contributed by atoms with Gasteiger partial charge < -0.3 is 0 Å². The van der Waals surface area contributed by atoms with E-state index in [1.165, 1.54) is 0 Å². The molecular weight excluding hydrogens is 254 g/mol. The molecule has 0 heterocycles. The highest BCUT2D eigenvalue weighted by Crippen LogP contribution is 3.04. The van der Waals surface area contributed by atoms with Gasteiger partial charge in [-0.15, -0.1) is 0 Å². The molecule has 20 heavy (non-hydrogen) atoms. The maximum absolute atomic E-state index is 12.3. The van der Waals surface area contributed by atoms with Crippen LogP contribution in [0.4, 0.5) is 0 Å². The molecule has 12 saturated carbocycles. The van der Waals surface area contributed by atoms with E-state index in [1.54, 1.807) is 0 Å². The van der Waals surface area contributed by atoms with E-state index in [9.17, 15) is 4.91 Å². The van der Waals surface area contributed by atoms with E-state index in [2.05, 4.69) is 0 Å². The van der Waals surface area contributed by atoms with E-state index in [-0.39, 0.29) is 11.2 Å². The number of nitrogens with zero attached hydrogens (tertiary/aromatic N) is 1. The minimum absolute atomic E-state index is 0.00467. The average Bonchev–Trinajstić information content (AvgIpc) is 2.48. The molecule has 0 aromatic heterocycles. The van der Waals surface area contributed by atoms with Gasteiger partial charge in [-0.05, 0) is 47.3 Å². The molecule has 4 heteroatoms. The lowest BCUT2D eigenvalue weighted by atomic mass is 8.99. The molecule has 0 aromatic rings. The van der Waals surface area contributed by atoms with Crippen LogP contribution in [-0.2, 0) is 9.68 Å². The molecule has 12 fully saturated rings. The zero-order chi connectivity index (χ0) is 12.1. The van der Waals surface area contributed by atoms with Crippen molar-refractivity contribution in [2.75, 3.05) is 0 Å². The summed E-state index contributed by atoms with van der Waals surface area (Å²) in [6, 6.07) is 0. The van der Waals surface area contributed by atoms with Gasteiger partial charge in [0.05, 0.1) is 0 Å². The van der Waals surface area contributed by atoms with Crippen LogP contribution in [0.15, 0.2) is 0 Å². The minimum atomic E-state index is -0.00467. The summed E-state index contributed by atoms with van der Waals surface area (Å²) in [6.45, 7) is 0. The van der Waals surface area contributed by atoms with Gasteiger partial charge in [-0.3, -0.25) is 0 Å². The van der Waals surface area contributed by atoms with Gasteiger partial charge in [0.2, 0.25) is 11.2 Å². The second kappa shape index (κ2) is 1.59. The Hall–Kier alpha value is -0.800. The Morgan fingerprint density at radius 3 is 1.15 bits per heavy atom. The van der Waals surface area contributed by atoms with Gasteiger partial charge >= 0.3 is 5.09 Å². The van der Waals surface area contributed by atoms with Gasteiger partial charge in [-0.1, -0.05) is 0 Å². The van der Waals surface area contributed by atoms with Crippen molar-refractivity contribution in [2.24, 2.45) is 82.9 Å². The lowest BCUT2D eigenvalue weighted by Gasteiger charge is -3.04. The van der Waals surface area contributed by atoms with Gasteiger partial charge in [0, 0.05) is 35.5 Å². The van der Waals surface area contributed by atoms with Crippen molar-refractivity contribution < 1.29 is 14.8 Å². The molecule has 0 spiro atoms. The molecule has 0 N–H and O–H groups in total. The smallest absolute Gasteiger partial charge is 0.179 e. The van der Waals surface area contributed by atoms with Crippen molar-refractivity contribution in [1.82, 2.24) is 0 Å². The quantitative estimate of drug-likeness (QED) is 0.710. The first-order valence-corrected chi connectivity index (χ1v) is 8.69. The molecule has 100 valence electrons. The molecule has 0 unspecified atom stereocenters. The fraction of sp³-hybridized carbons (Fsp3) is 1.00. The van der Waals surface area contributed by atoms with Crippen molar-refractivity contribution in [3.05, 3.63) is 4.91 Å². The molecule has 12 aliphatic carbocycles. The Balaban J connectivity index is 0.992. The molecule has 0 radical (unpaired) electrons.